The Bertz CT molecular complexity index is 465. The molecule has 18 heavy (non-hydrogen) atoms. The molecule has 96 valence electrons. The van der Waals surface area contributed by atoms with E-state index in [0.29, 0.717) is 10.2 Å². The number of hydrogen-bond donors (Lipinski definition) is 3. The fourth-order valence-electron chi connectivity index (χ4n) is 1.19. The summed E-state index contributed by atoms with van der Waals surface area (Å²) in [5.74, 6) is -1.11. The van der Waals surface area contributed by atoms with Gasteiger partial charge in [0, 0.05) is 10.7 Å². The van der Waals surface area contributed by atoms with Gasteiger partial charge in [-0.1, -0.05) is 6.08 Å². The monoisotopic (exact) mass is 313 g/mol. The van der Waals surface area contributed by atoms with Crippen LogP contribution in [0.15, 0.2) is 35.6 Å². The first-order valence-corrected chi connectivity index (χ1v) is 5.84. The van der Waals surface area contributed by atoms with E-state index in [0.717, 1.165) is 0 Å². The molecule has 0 saturated heterocycles. The highest BCUT2D eigenvalue weighted by atomic mass is 79.9. The summed E-state index contributed by atoms with van der Waals surface area (Å²) in [6.07, 6.45) is 4.60. The average molecular weight is 314 g/mol. The van der Waals surface area contributed by atoms with Gasteiger partial charge >= 0.3 is 12.0 Å². The van der Waals surface area contributed by atoms with Crippen molar-refractivity contribution in [2.75, 3.05) is 5.32 Å². The molecule has 0 aliphatic carbocycles. The van der Waals surface area contributed by atoms with E-state index < -0.39 is 18.0 Å². The van der Waals surface area contributed by atoms with Gasteiger partial charge in [-0.2, -0.15) is 0 Å². The van der Waals surface area contributed by atoms with Crippen molar-refractivity contribution in [3.63, 3.8) is 0 Å². The number of aliphatic carboxylic acids is 1. The highest BCUT2D eigenvalue weighted by molar-refractivity contribution is 9.10. The Labute approximate surface area is 112 Å². The van der Waals surface area contributed by atoms with Crippen LogP contribution in [0, 0.1) is 0 Å². The molecule has 2 amide bonds. The van der Waals surface area contributed by atoms with Gasteiger partial charge in [-0.15, -0.1) is 6.58 Å². The summed E-state index contributed by atoms with van der Waals surface area (Å²) < 4.78 is 0.709. The largest absolute Gasteiger partial charge is 0.480 e. The molecule has 0 spiro atoms. The highest BCUT2D eigenvalue weighted by Crippen LogP contribution is 2.13. The molecule has 6 nitrogen and oxygen atoms in total. The molecule has 1 unspecified atom stereocenters. The summed E-state index contributed by atoms with van der Waals surface area (Å²) in [5.41, 5.74) is 0.463. The molecule has 7 heteroatoms. The SMILES string of the molecule is C=CCC(NC(=O)Nc1cncc(Br)c1)C(=O)O. The molecule has 1 aromatic rings. The van der Waals surface area contributed by atoms with Gasteiger partial charge in [0.1, 0.15) is 6.04 Å². The number of hydrogen-bond acceptors (Lipinski definition) is 3. The molecule has 0 aliphatic rings. The Morgan fingerprint density at radius 2 is 2.28 bits per heavy atom. The Hall–Kier alpha value is -1.89. The maximum atomic E-state index is 11.6. The van der Waals surface area contributed by atoms with Gasteiger partial charge in [0.15, 0.2) is 0 Å². The van der Waals surface area contributed by atoms with E-state index in [2.05, 4.69) is 38.1 Å². The van der Waals surface area contributed by atoms with Crippen LogP contribution in [-0.2, 0) is 4.79 Å². The molecule has 1 heterocycles. The number of carboxylic acid groups (broad SMARTS) is 1. The zero-order chi connectivity index (χ0) is 13.5. The maximum Gasteiger partial charge on any atom is 0.326 e. The second kappa shape index (κ2) is 6.75. The summed E-state index contributed by atoms with van der Waals surface area (Å²) in [6.45, 7) is 3.43. The molecular weight excluding hydrogens is 302 g/mol. The molecule has 0 aliphatic heterocycles. The van der Waals surface area contributed by atoms with Crippen LogP contribution >= 0.6 is 15.9 Å². The minimum absolute atomic E-state index is 0.152. The summed E-state index contributed by atoms with van der Waals surface area (Å²) in [5, 5.41) is 13.7. The zero-order valence-electron chi connectivity index (χ0n) is 9.39. The second-order valence-electron chi connectivity index (χ2n) is 3.41. The zero-order valence-corrected chi connectivity index (χ0v) is 11.0. The quantitative estimate of drug-likeness (QED) is 0.725. The number of nitrogens with zero attached hydrogens (tertiary/aromatic N) is 1. The summed E-state index contributed by atoms with van der Waals surface area (Å²) in [4.78, 5) is 26.2. The van der Waals surface area contributed by atoms with Crippen molar-refractivity contribution in [3.05, 3.63) is 35.6 Å². The number of halogens is 1. The molecule has 0 fully saturated rings. The van der Waals surface area contributed by atoms with Crippen LogP contribution in [0.25, 0.3) is 0 Å². The van der Waals surface area contributed by atoms with Crippen LogP contribution in [0.4, 0.5) is 10.5 Å². The van der Waals surface area contributed by atoms with Gasteiger partial charge < -0.3 is 15.7 Å². The average Bonchev–Trinajstić information content (AvgIpc) is 2.28. The van der Waals surface area contributed by atoms with E-state index in [1.807, 2.05) is 0 Å². The third kappa shape index (κ3) is 4.54. The normalized spacial score (nSPS) is 11.4. The van der Waals surface area contributed by atoms with E-state index in [4.69, 9.17) is 5.11 Å². The Balaban J connectivity index is 2.60. The fraction of sp³-hybridized carbons (Fsp3) is 0.182. The van der Waals surface area contributed by atoms with E-state index >= 15 is 0 Å². The number of carbonyl (C=O) groups is 2. The molecule has 0 saturated carbocycles. The lowest BCUT2D eigenvalue weighted by molar-refractivity contribution is -0.139. The lowest BCUT2D eigenvalue weighted by Crippen LogP contribution is -2.42. The van der Waals surface area contributed by atoms with Crippen LogP contribution in [0.1, 0.15) is 6.42 Å². The summed E-state index contributed by atoms with van der Waals surface area (Å²) in [6, 6.07) is 0.0438. The second-order valence-corrected chi connectivity index (χ2v) is 4.32. The van der Waals surface area contributed by atoms with Crippen LogP contribution in [0.3, 0.4) is 0 Å². The van der Waals surface area contributed by atoms with Crippen LogP contribution in [-0.4, -0.2) is 28.1 Å². The topological polar surface area (TPSA) is 91.3 Å². The number of nitrogens with one attached hydrogen (secondary N) is 2. The minimum atomic E-state index is -1.11. The predicted octanol–water partition coefficient (Wildman–Crippen LogP) is 1.99. The number of anilines is 1. The fourth-order valence-corrected chi connectivity index (χ4v) is 1.56. The van der Waals surface area contributed by atoms with E-state index in [9.17, 15) is 9.59 Å². The van der Waals surface area contributed by atoms with E-state index in [-0.39, 0.29) is 6.42 Å². The summed E-state index contributed by atoms with van der Waals surface area (Å²) >= 11 is 3.21. The van der Waals surface area contributed by atoms with Crippen molar-refractivity contribution in [3.8, 4) is 0 Å². The minimum Gasteiger partial charge on any atom is -0.480 e. The first-order valence-electron chi connectivity index (χ1n) is 5.04. The molecule has 0 aromatic carbocycles. The molecular formula is C11H12BrN3O3. The third-order valence-electron chi connectivity index (χ3n) is 1.97. The van der Waals surface area contributed by atoms with Crippen molar-refractivity contribution in [1.82, 2.24) is 10.3 Å². The van der Waals surface area contributed by atoms with Crippen molar-refractivity contribution in [2.24, 2.45) is 0 Å². The number of urea groups is 1. The van der Waals surface area contributed by atoms with Gasteiger partial charge in [-0.25, -0.2) is 9.59 Å². The van der Waals surface area contributed by atoms with Crippen molar-refractivity contribution in [1.29, 1.82) is 0 Å². The standard InChI is InChI=1S/C11H12BrN3O3/c1-2-3-9(10(16)17)15-11(18)14-8-4-7(12)5-13-6-8/h2,4-6,9H,1,3H2,(H,16,17)(H2,14,15,18). The maximum absolute atomic E-state index is 11.6. The number of rotatable bonds is 5. The van der Waals surface area contributed by atoms with Gasteiger partial charge in [0.25, 0.3) is 0 Å². The van der Waals surface area contributed by atoms with E-state index in [1.165, 1.54) is 12.3 Å². The van der Waals surface area contributed by atoms with Gasteiger partial charge in [-0.05, 0) is 28.4 Å². The third-order valence-corrected chi connectivity index (χ3v) is 2.40. The number of amides is 2. The number of pyridine rings is 1. The Kier molecular flexibility index (Phi) is 5.31. The molecule has 1 rings (SSSR count). The van der Waals surface area contributed by atoms with Gasteiger partial charge in [0.05, 0.1) is 11.9 Å². The smallest absolute Gasteiger partial charge is 0.326 e. The van der Waals surface area contributed by atoms with Crippen LogP contribution in [0.5, 0.6) is 0 Å². The molecule has 3 N–H and O–H groups in total. The number of carboxylic acids is 1. The van der Waals surface area contributed by atoms with Crippen LogP contribution < -0.4 is 10.6 Å². The lowest BCUT2D eigenvalue weighted by atomic mass is 10.2. The Morgan fingerprint density at radius 1 is 1.56 bits per heavy atom. The van der Waals surface area contributed by atoms with Gasteiger partial charge in [-0.3, -0.25) is 4.98 Å². The van der Waals surface area contributed by atoms with Gasteiger partial charge in [0.2, 0.25) is 0 Å². The highest BCUT2D eigenvalue weighted by Gasteiger charge is 2.18. The molecule has 0 bridgehead atoms. The van der Waals surface area contributed by atoms with E-state index in [1.54, 1.807) is 12.3 Å². The predicted molar refractivity (Wildman–Crippen MR) is 70.3 cm³/mol. The molecule has 1 aromatic heterocycles. The first-order chi connectivity index (χ1) is 8.52. The number of aromatic nitrogens is 1. The van der Waals surface area contributed by atoms with Crippen molar-refractivity contribution >= 4 is 33.6 Å². The van der Waals surface area contributed by atoms with Crippen molar-refractivity contribution < 1.29 is 14.7 Å². The first kappa shape index (κ1) is 14.2. The van der Waals surface area contributed by atoms with Crippen LogP contribution in [0.2, 0.25) is 0 Å². The molecule has 0 radical (unpaired) electrons. The Morgan fingerprint density at radius 3 is 2.83 bits per heavy atom. The van der Waals surface area contributed by atoms with Crippen molar-refractivity contribution in [2.45, 2.75) is 12.5 Å². The number of carbonyl (C=O) groups excluding carboxylic acids is 1. The summed E-state index contributed by atoms with van der Waals surface area (Å²) in [7, 11) is 0. The lowest BCUT2D eigenvalue weighted by Gasteiger charge is -2.13. The molecule has 1 atom stereocenters.